The standard InChI is InChI=1S/C14H20N4O/c1-4-7-18-14(15-9-16-18)8-13(19)12-6-5-10(2)17-11(12)3/h5-6,9,13,19H,4,7-8H2,1-3H3. The van der Waals surface area contributed by atoms with Crippen LogP contribution in [0.25, 0.3) is 0 Å². The molecular weight excluding hydrogens is 240 g/mol. The van der Waals surface area contributed by atoms with E-state index in [0.29, 0.717) is 6.42 Å². The highest BCUT2D eigenvalue weighted by Gasteiger charge is 2.15. The zero-order chi connectivity index (χ0) is 13.8. The van der Waals surface area contributed by atoms with E-state index in [9.17, 15) is 5.11 Å². The van der Waals surface area contributed by atoms with E-state index in [1.165, 1.54) is 6.33 Å². The number of aryl methyl sites for hydroxylation is 3. The van der Waals surface area contributed by atoms with Crippen LogP contribution in [0.1, 0.15) is 42.2 Å². The Balaban J connectivity index is 2.16. The molecule has 0 spiro atoms. The van der Waals surface area contributed by atoms with Crippen LogP contribution in [0.3, 0.4) is 0 Å². The van der Waals surface area contributed by atoms with Crippen LogP contribution in [-0.2, 0) is 13.0 Å². The Labute approximate surface area is 113 Å². The molecule has 0 radical (unpaired) electrons. The number of aromatic nitrogens is 4. The van der Waals surface area contributed by atoms with Gasteiger partial charge in [-0.3, -0.25) is 9.67 Å². The molecule has 1 atom stereocenters. The zero-order valence-electron chi connectivity index (χ0n) is 11.7. The average molecular weight is 260 g/mol. The molecule has 0 aliphatic rings. The molecule has 0 aliphatic heterocycles. The number of nitrogens with zero attached hydrogens (tertiary/aromatic N) is 4. The van der Waals surface area contributed by atoms with Crippen molar-refractivity contribution >= 4 is 0 Å². The van der Waals surface area contributed by atoms with Crippen molar-refractivity contribution < 1.29 is 5.11 Å². The number of hydrogen-bond acceptors (Lipinski definition) is 4. The second-order valence-electron chi connectivity index (χ2n) is 4.75. The van der Waals surface area contributed by atoms with Crippen molar-refractivity contribution in [3.8, 4) is 0 Å². The molecule has 0 aromatic carbocycles. The normalized spacial score (nSPS) is 12.6. The number of pyridine rings is 1. The highest BCUT2D eigenvalue weighted by Crippen LogP contribution is 2.20. The van der Waals surface area contributed by atoms with Crippen LogP contribution in [0.4, 0.5) is 0 Å². The monoisotopic (exact) mass is 260 g/mol. The van der Waals surface area contributed by atoms with E-state index in [-0.39, 0.29) is 0 Å². The molecule has 1 N–H and O–H groups in total. The Bertz CT molecular complexity index is 550. The summed E-state index contributed by atoms with van der Waals surface area (Å²) < 4.78 is 1.85. The number of hydrogen-bond donors (Lipinski definition) is 1. The van der Waals surface area contributed by atoms with Crippen LogP contribution in [0.2, 0.25) is 0 Å². The van der Waals surface area contributed by atoms with Crippen LogP contribution in [0.5, 0.6) is 0 Å². The summed E-state index contributed by atoms with van der Waals surface area (Å²) in [7, 11) is 0. The van der Waals surface area contributed by atoms with E-state index in [4.69, 9.17) is 0 Å². The first-order valence-corrected chi connectivity index (χ1v) is 6.60. The van der Waals surface area contributed by atoms with Gasteiger partial charge in [0.25, 0.3) is 0 Å². The van der Waals surface area contributed by atoms with Crippen molar-refractivity contribution in [2.75, 3.05) is 0 Å². The molecule has 1 unspecified atom stereocenters. The quantitative estimate of drug-likeness (QED) is 0.892. The first kappa shape index (κ1) is 13.7. The second kappa shape index (κ2) is 5.93. The summed E-state index contributed by atoms with van der Waals surface area (Å²) in [6.07, 6.45) is 2.41. The van der Waals surface area contributed by atoms with Crippen molar-refractivity contribution in [3.05, 3.63) is 41.2 Å². The third-order valence-corrected chi connectivity index (χ3v) is 3.13. The van der Waals surface area contributed by atoms with E-state index in [1.54, 1.807) is 0 Å². The van der Waals surface area contributed by atoms with Gasteiger partial charge in [0.05, 0.1) is 6.10 Å². The van der Waals surface area contributed by atoms with E-state index >= 15 is 0 Å². The lowest BCUT2D eigenvalue weighted by Crippen LogP contribution is -2.11. The fraction of sp³-hybridized carbons (Fsp3) is 0.500. The SMILES string of the molecule is CCCn1ncnc1CC(O)c1ccc(C)nc1C. The predicted molar refractivity (Wildman–Crippen MR) is 72.7 cm³/mol. The molecule has 2 heterocycles. The fourth-order valence-electron chi connectivity index (χ4n) is 2.18. The topological polar surface area (TPSA) is 63.8 Å². The largest absolute Gasteiger partial charge is 0.388 e. The molecule has 19 heavy (non-hydrogen) atoms. The molecule has 2 aromatic rings. The summed E-state index contributed by atoms with van der Waals surface area (Å²) in [4.78, 5) is 8.60. The second-order valence-corrected chi connectivity index (χ2v) is 4.75. The number of aliphatic hydroxyl groups is 1. The molecule has 0 saturated carbocycles. The lowest BCUT2D eigenvalue weighted by atomic mass is 10.0. The summed E-state index contributed by atoms with van der Waals surface area (Å²) in [6.45, 7) is 6.78. The summed E-state index contributed by atoms with van der Waals surface area (Å²) in [5.74, 6) is 0.814. The van der Waals surface area contributed by atoms with Gasteiger partial charge in [0.2, 0.25) is 0 Å². The Kier molecular flexibility index (Phi) is 4.27. The molecule has 0 saturated heterocycles. The van der Waals surface area contributed by atoms with Crippen molar-refractivity contribution in [1.82, 2.24) is 19.7 Å². The molecule has 2 rings (SSSR count). The van der Waals surface area contributed by atoms with Crippen molar-refractivity contribution in [1.29, 1.82) is 0 Å². The van der Waals surface area contributed by atoms with Gasteiger partial charge < -0.3 is 5.11 Å². The fourth-order valence-corrected chi connectivity index (χ4v) is 2.18. The van der Waals surface area contributed by atoms with E-state index in [1.807, 2.05) is 30.7 Å². The first-order valence-electron chi connectivity index (χ1n) is 6.60. The van der Waals surface area contributed by atoms with Crippen molar-refractivity contribution in [2.45, 2.75) is 46.3 Å². The Hall–Kier alpha value is -1.75. The van der Waals surface area contributed by atoms with Gasteiger partial charge >= 0.3 is 0 Å². The maximum absolute atomic E-state index is 10.3. The Morgan fingerprint density at radius 2 is 2.11 bits per heavy atom. The minimum absolute atomic E-state index is 0.464. The third-order valence-electron chi connectivity index (χ3n) is 3.13. The van der Waals surface area contributed by atoms with Crippen LogP contribution in [-0.4, -0.2) is 24.9 Å². The number of aliphatic hydroxyl groups excluding tert-OH is 1. The van der Waals surface area contributed by atoms with Gasteiger partial charge in [0.15, 0.2) is 0 Å². The van der Waals surface area contributed by atoms with E-state index in [0.717, 1.165) is 35.7 Å². The molecule has 0 aliphatic carbocycles. The molecular formula is C14H20N4O. The summed E-state index contributed by atoms with van der Waals surface area (Å²) in [5, 5.41) is 14.5. The molecule has 5 heteroatoms. The van der Waals surface area contributed by atoms with Crippen LogP contribution in [0.15, 0.2) is 18.5 Å². The first-order chi connectivity index (χ1) is 9.11. The minimum Gasteiger partial charge on any atom is -0.388 e. The maximum atomic E-state index is 10.3. The third kappa shape index (κ3) is 3.17. The van der Waals surface area contributed by atoms with Crippen molar-refractivity contribution in [2.24, 2.45) is 0 Å². The highest BCUT2D eigenvalue weighted by molar-refractivity contribution is 5.24. The van der Waals surface area contributed by atoms with Gasteiger partial charge in [-0.2, -0.15) is 5.10 Å². The number of rotatable bonds is 5. The van der Waals surface area contributed by atoms with E-state index < -0.39 is 6.10 Å². The van der Waals surface area contributed by atoms with Gasteiger partial charge in [-0.15, -0.1) is 0 Å². The van der Waals surface area contributed by atoms with Crippen LogP contribution >= 0.6 is 0 Å². The van der Waals surface area contributed by atoms with Gasteiger partial charge in [-0.05, 0) is 26.3 Å². The average Bonchev–Trinajstić information content (AvgIpc) is 2.77. The smallest absolute Gasteiger partial charge is 0.138 e. The van der Waals surface area contributed by atoms with E-state index in [2.05, 4.69) is 22.0 Å². The lowest BCUT2D eigenvalue weighted by Gasteiger charge is -2.13. The van der Waals surface area contributed by atoms with Crippen LogP contribution in [0, 0.1) is 13.8 Å². The Morgan fingerprint density at radius 3 is 2.79 bits per heavy atom. The molecule has 102 valence electrons. The zero-order valence-corrected chi connectivity index (χ0v) is 11.7. The summed E-state index contributed by atoms with van der Waals surface area (Å²) in [6, 6.07) is 3.85. The van der Waals surface area contributed by atoms with Gasteiger partial charge in [0, 0.05) is 29.9 Å². The predicted octanol–water partition coefficient (Wildman–Crippen LogP) is 1.98. The van der Waals surface area contributed by atoms with Gasteiger partial charge in [0.1, 0.15) is 12.2 Å². The molecule has 0 amide bonds. The summed E-state index contributed by atoms with van der Waals surface area (Å²) >= 11 is 0. The highest BCUT2D eigenvalue weighted by atomic mass is 16.3. The molecule has 5 nitrogen and oxygen atoms in total. The van der Waals surface area contributed by atoms with Gasteiger partial charge in [-0.25, -0.2) is 4.98 Å². The van der Waals surface area contributed by atoms with Crippen molar-refractivity contribution in [3.63, 3.8) is 0 Å². The molecule has 2 aromatic heterocycles. The Morgan fingerprint density at radius 1 is 1.32 bits per heavy atom. The maximum Gasteiger partial charge on any atom is 0.138 e. The molecule has 0 bridgehead atoms. The lowest BCUT2D eigenvalue weighted by molar-refractivity contribution is 0.172. The summed E-state index contributed by atoms with van der Waals surface area (Å²) in [5.41, 5.74) is 2.69. The van der Waals surface area contributed by atoms with Gasteiger partial charge in [-0.1, -0.05) is 13.0 Å². The minimum atomic E-state index is -0.590. The van der Waals surface area contributed by atoms with Crippen LogP contribution < -0.4 is 0 Å². The molecule has 0 fully saturated rings.